The van der Waals surface area contributed by atoms with Crippen LogP contribution in [0.3, 0.4) is 0 Å². The second kappa shape index (κ2) is 5.73. The molecule has 2 rings (SSSR count). The van der Waals surface area contributed by atoms with Crippen molar-refractivity contribution in [3.05, 3.63) is 20.7 Å². The van der Waals surface area contributed by atoms with Crippen LogP contribution in [0.2, 0.25) is 0 Å². The van der Waals surface area contributed by atoms with E-state index in [1.165, 1.54) is 17.8 Å². The zero-order valence-electron chi connectivity index (χ0n) is 10.0. The summed E-state index contributed by atoms with van der Waals surface area (Å²) in [5.41, 5.74) is 0.926. The van der Waals surface area contributed by atoms with Crippen LogP contribution in [0.4, 0.5) is 0 Å². The number of nitrogens with zero attached hydrogens (tertiary/aromatic N) is 1. The maximum Gasteiger partial charge on any atom is 0.304 e. The van der Waals surface area contributed by atoms with Gasteiger partial charge in [0.05, 0.1) is 13.1 Å². The van der Waals surface area contributed by atoms with Gasteiger partial charge in [0.1, 0.15) is 0 Å². The fourth-order valence-electron chi connectivity index (χ4n) is 1.73. The second-order valence-electron chi connectivity index (χ2n) is 4.54. The van der Waals surface area contributed by atoms with E-state index in [9.17, 15) is 4.79 Å². The molecule has 0 radical (unpaired) electrons. The highest BCUT2D eigenvalue weighted by molar-refractivity contribution is 8.14. The van der Waals surface area contributed by atoms with Gasteiger partial charge in [-0.15, -0.1) is 0 Å². The van der Waals surface area contributed by atoms with Crippen LogP contribution < -0.4 is 10.2 Å². The van der Waals surface area contributed by atoms with Crippen LogP contribution in [-0.2, 0) is 6.54 Å². The Hall–Kier alpha value is -0.750. The second-order valence-corrected chi connectivity index (χ2v) is 6.67. The molecule has 1 atom stereocenters. The van der Waals surface area contributed by atoms with Crippen LogP contribution >= 0.6 is 23.1 Å². The molecule has 0 saturated carbocycles. The Labute approximate surface area is 109 Å². The summed E-state index contributed by atoms with van der Waals surface area (Å²) in [6.45, 7) is 6.04. The van der Waals surface area contributed by atoms with Gasteiger partial charge in [-0.25, -0.2) is 0 Å². The lowest BCUT2D eigenvalue weighted by atomic mass is 10.1. The highest BCUT2D eigenvalue weighted by Crippen LogP contribution is 2.25. The molecule has 6 heteroatoms. The first kappa shape index (κ1) is 12.7. The topological polar surface area (TPSA) is 57.2 Å². The van der Waals surface area contributed by atoms with Crippen LogP contribution in [0.25, 0.3) is 0 Å². The van der Waals surface area contributed by atoms with Crippen LogP contribution in [0, 0.1) is 5.92 Å². The molecule has 4 nitrogen and oxygen atoms in total. The lowest BCUT2D eigenvalue weighted by Crippen LogP contribution is -2.19. The lowest BCUT2D eigenvalue weighted by molar-refractivity contribution is 0.575. The van der Waals surface area contributed by atoms with Crippen molar-refractivity contribution < 1.29 is 0 Å². The average Bonchev–Trinajstić information content (AvgIpc) is 2.84. The Morgan fingerprint density at radius 3 is 3.12 bits per heavy atom. The Kier molecular flexibility index (Phi) is 4.28. The number of nitrogens with one attached hydrogen (secondary N) is 2. The number of amidine groups is 1. The van der Waals surface area contributed by atoms with Crippen molar-refractivity contribution in [1.29, 1.82) is 0 Å². The predicted molar refractivity (Wildman–Crippen MR) is 74.9 cm³/mol. The van der Waals surface area contributed by atoms with E-state index >= 15 is 0 Å². The van der Waals surface area contributed by atoms with Crippen molar-refractivity contribution in [3.8, 4) is 0 Å². The highest BCUT2D eigenvalue weighted by Gasteiger charge is 2.20. The standard InChI is InChI=1S/C11H17N3OS2/c1-7(2)3-9-5-13-10(17-9)12-4-8-6-16-11(15)14-8/h6-7,9H,3-5H2,1-2H3,(H,12,13)(H,14,15). The van der Waals surface area contributed by atoms with Crippen molar-refractivity contribution in [1.82, 2.24) is 10.3 Å². The van der Waals surface area contributed by atoms with Gasteiger partial charge in [0.25, 0.3) is 0 Å². The van der Waals surface area contributed by atoms with Crippen LogP contribution in [0.15, 0.2) is 15.2 Å². The number of hydrogen-bond donors (Lipinski definition) is 2. The summed E-state index contributed by atoms with van der Waals surface area (Å²) >= 11 is 3.01. The molecule has 0 fully saturated rings. The Morgan fingerprint density at radius 1 is 1.65 bits per heavy atom. The molecule has 0 aliphatic carbocycles. The lowest BCUT2D eigenvalue weighted by Gasteiger charge is -2.10. The molecule has 1 aliphatic rings. The monoisotopic (exact) mass is 271 g/mol. The molecular formula is C11H17N3OS2. The molecule has 1 aliphatic heterocycles. The number of rotatable bonds is 4. The number of H-pyrrole nitrogens is 1. The largest absolute Gasteiger partial charge is 0.359 e. The van der Waals surface area contributed by atoms with E-state index in [0.717, 1.165) is 23.3 Å². The zero-order valence-corrected chi connectivity index (χ0v) is 11.7. The summed E-state index contributed by atoms with van der Waals surface area (Å²) in [5.74, 6) is 0.718. The highest BCUT2D eigenvalue weighted by atomic mass is 32.2. The van der Waals surface area contributed by atoms with Gasteiger partial charge in [-0.1, -0.05) is 36.9 Å². The first-order chi connectivity index (χ1) is 8.13. The van der Waals surface area contributed by atoms with Crippen molar-refractivity contribution >= 4 is 28.3 Å². The minimum absolute atomic E-state index is 0.000461. The third-order valence-electron chi connectivity index (χ3n) is 2.45. The van der Waals surface area contributed by atoms with Crippen LogP contribution in [-0.4, -0.2) is 21.9 Å². The number of thioether (sulfide) groups is 1. The summed E-state index contributed by atoms with van der Waals surface area (Å²) in [7, 11) is 0. The third kappa shape index (κ3) is 3.89. The minimum Gasteiger partial charge on any atom is -0.359 e. The average molecular weight is 271 g/mol. The number of aliphatic imine (C=N–C) groups is 1. The Bertz CT molecular complexity index is 450. The molecule has 17 heavy (non-hydrogen) atoms. The quantitative estimate of drug-likeness (QED) is 0.881. The fraction of sp³-hybridized carbons (Fsp3) is 0.636. The molecule has 1 aromatic heterocycles. The molecule has 0 spiro atoms. The van der Waals surface area contributed by atoms with Crippen molar-refractivity contribution in [2.75, 3.05) is 6.54 Å². The molecule has 1 aromatic rings. The first-order valence-corrected chi connectivity index (χ1v) is 7.51. The van der Waals surface area contributed by atoms with Crippen LogP contribution in [0.5, 0.6) is 0 Å². The SMILES string of the molecule is CC(C)CC1CN=C(NCc2csc(=O)[nH]2)S1. The molecule has 0 amide bonds. The van der Waals surface area contributed by atoms with Gasteiger partial charge < -0.3 is 10.3 Å². The van der Waals surface area contributed by atoms with Crippen molar-refractivity contribution in [3.63, 3.8) is 0 Å². The number of aromatic nitrogens is 1. The zero-order chi connectivity index (χ0) is 12.3. The van der Waals surface area contributed by atoms with Crippen molar-refractivity contribution in [2.24, 2.45) is 10.9 Å². The van der Waals surface area contributed by atoms with E-state index in [-0.39, 0.29) is 4.87 Å². The van der Waals surface area contributed by atoms with E-state index in [1.807, 2.05) is 17.1 Å². The third-order valence-corrected chi connectivity index (χ3v) is 4.34. The number of aromatic amines is 1. The molecule has 2 heterocycles. The number of hydrogen-bond acceptors (Lipinski definition) is 5. The van der Waals surface area contributed by atoms with Gasteiger partial charge >= 0.3 is 4.87 Å². The molecule has 2 N–H and O–H groups in total. The van der Waals surface area contributed by atoms with E-state index in [1.54, 1.807) is 0 Å². The normalized spacial score (nSPS) is 19.7. The summed E-state index contributed by atoms with van der Waals surface area (Å²) in [6.07, 6.45) is 1.20. The summed E-state index contributed by atoms with van der Waals surface area (Å²) < 4.78 is 0. The van der Waals surface area contributed by atoms with Crippen LogP contribution in [0.1, 0.15) is 26.0 Å². The summed E-state index contributed by atoms with van der Waals surface area (Å²) in [4.78, 5) is 18.2. The summed E-state index contributed by atoms with van der Waals surface area (Å²) in [6, 6.07) is 0. The smallest absolute Gasteiger partial charge is 0.304 e. The summed E-state index contributed by atoms with van der Waals surface area (Å²) in [5, 5.41) is 6.72. The van der Waals surface area contributed by atoms with Crippen molar-refractivity contribution in [2.45, 2.75) is 32.1 Å². The van der Waals surface area contributed by atoms with Gasteiger partial charge in [-0.3, -0.25) is 9.79 Å². The Balaban J connectivity index is 1.76. The van der Waals surface area contributed by atoms with Gasteiger partial charge in [0.2, 0.25) is 0 Å². The van der Waals surface area contributed by atoms with E-state index in [2.05, 4.69) is 29.1 Å². The van der Waals surface area contributed by atoms with E-state index < -0.39 is 0 Å². The Morgan fingerprint density at radius 2 is 2.47 bits per heavy atom. The molecule has 1 unspecified atom stereocenters. The fourth-order valence-corrected chi connectivity index (χ4v) is 3.57. The predicted octanol–water partition coefficient (Wildman–Crippen LogP) is 2.04. The molecule has 0 aromatic carbocycles. The first-order valence-electron chi connectivity index (χ1n) is 5.75. The van der Waals surface area contributed by atoms with Gasteiger partial charge in [0, 0.05) is 16.3 Å². The molecule has 94 valence electrons. The minimum atomic E-state index is 0.000461. The maximum absolute atomic E-state index is 11.0. The van der Waals surface area contributed by atoms with Gasteiger partial charge in [-0.2, -0.15) is 0 Å². The number of thiazole rings is 1. The van der Waals surface area contributed by atoms with Gasteiger partial charge in [0.15, 0.2) is 5.17 Å². The molecular weight excluding hydrogens is 254 g/mol. The van der Waals surface area contributed by atoms with E-state index in [4.69, 9.17) is 0 Å². The molecule has 0 bridgehead atoms. The van der Waals surface area contributed by atoms with E-state index in [0.29, 0.717) is 11.8 Å². The van der Waals surface area contributed by atoms with Gasteiger partial charge in [-0.05, 0) is 12.3 Å². The maximum atomic E-state index is 11.0. The molecule has 0 saturated heterocycles.